The molecule has 12 radical (unpaired) electrons. The van der Waals surface area contributed by atoms with E-state index >= 15 is 0 Å². The summed E-state index contributed by atoms with van der Waals surface area (Å²) in [7, 11) is 18.0. The molecule has 1 rings (SSSR count). The van der Waals surface area contributed by atoms with Gasteiger partial charge in [0, 0.05) is 46.4 Å². The van der Waals surface area contributed by atoms with Gasteiger partial charge in [0.05, 0.1) is 0 Å². The highest BCUT2D eigenvalue weighted by atomic mass is 14.0. The van der Waals surface area contributed by atoms with Crippen LogP contribution in [0.4, 0.5) is 0 Å². The summed E-state index contributed by atoms with van der Waals surface area (Å²) in [6.45, 7) is 0. The van der Waals surface area contributed by atoms with Gasteiger partial charge >= 0.3 is 0 Å². The molecule has 0 amide bonds. The third kappa shape index (κ3) is 237. The lowest BCUT2D eigenvalue weighted by molar-refractivity contribution is 1.50. The SMILES string of the molecule is C.C1CC1.[B].[B][B].[B][B][B]. The Kier molecular flexibility index (Phi) is 77.0. The number of rotatable bonds is 0. The maximum Gasteiger partial charge on any atom is 0 e. The standard InChI is InChI=1S/C3H6.CH4.B3.B2.B/c1-2-3-1;;1-3-2;1-2;/h1-3H2;1H4;;;. The van der Waals surface area contributed by atoms with E-state index in [1.807, 2.05) is 0 Å². The minimum Gasteiger partial charge on any atom is -0.0776 e. The number of hydrogen-bond acceptors (Lipinski definition) is 0. The molecular weight excluding hydrogens is 113 g/mol. The second-order valence-electron chi connectivity index (χ2n) is 1.25. The second-order valence-corrected chi connectivity index (χ2v) is 1.25. The van der Waals surface area contributed by atoms with Gasteiger partial charge in [-0.3, -0.25) is 0 Å². The van der Waals surface area contributed by atoms with Gasteiger partial charge in [0.25, 0.3) is 0 Å². The van der Waals surface area contributed by atoms with E-state index in [2.05, 4.69) is 30.9 Å². The normalized spacial score (nSPS) is 8.80. The van der Waals surface area contributed by atoms with Crippen LogP contribution in [0.5, 0.6) is 0 Å². The molecule has 10 heavy (non-hydrogen) atoms. The summed E-state index contributed by atoms with van der Waals surface area (Å²) in [6, 6.07) is 0. The molecule has 1 aliphatic rings. The first-order chi connectivity index (χ1) is 3.91. The molecule has 0 aliphatic heterocycles. The van der Waals surface area contributed by atoms with Crippen molar-refractivity contribution in [2.45, 2.75) is 26.7 Å². The highest BCUT2D eigenvalue weighted by Crippen LogP contribution is 2.14. The van der Waals surface area contributed by atoms with Crippen LogP contribution in [0.2, 0.25) is 0 Å². The fourth-order valence-corrected chi connectivity index (χ4v) is 0. The Morgan fingerprint density at radius 2 is 1.00 bits per heavy atom. The lowest BCUT2D eigenvalue weighted by atomic mass is 9.40. The highest BCUT2D eigenvalue weighted by Gasteiger charge is 1.95. The van der Waals surface area contributed by atoms with Crippen molar-refractivity contribution in [2.75, 3.05) is 0 Å². The van der Waals surface area contributed by atoms with E-state index in [9.17, 15) is 0 Å². The second kappa shape index (κ2) is 34.3. The van der Waals surface area contributed by atoms with Crippen molar-refractivity contribution in [3.8, 4) is 0 Å². The molecule has 0 atom stereocenters. The molecule has 0 bridgehead atoms. The van der Waals surface area contributed by atoms with E-state index < -0.39 is 0 Å². The molecule has 0 saturated heterocycles. The molecule has 0 N–H and O–H groups in total. The predicted molar refractivity (Wildman–Crippen MR) is 55.1 cm³/mol. The van der Waals surface area contributed by atoms with Gasteiger partial charge in [-0.05, 0) is 0 Å². The molecule has 0 unspecified atom stereocenters. The van der Waals surface area contributed by atoms with Gasteiger partial charge in [-0.25, -0.2) is 0 Å². The minimum atomic E-state index is 0. The zero-order chi connectivity index (χ0) is 6.83. The third-order valence-corrected chi connectivity index (χ3v) is 0.354. The van der Waals surface area contributed by atoms with Crippen LogP contribution in [0.25, 0.3) is 0 Å². The van der Waals surface area contributed by atoms with Crippen molar-refractivity contribution in [1.82, 2.24) is 0 Å². The van der Waals surface area contributed by atoms with Gasteiger partial charge in [0.1, 0.15) is 0 Å². The summed E-state index contributed by atoms with van der Waals surface area (Å²) in [5.41, 5.74) is 0. The van der Waals surface area contributed by atoms with E-state index in [0.717, 1.165) is 7.06 Å². The fourth-order valence-electron chi connectivity index (χ4n) is 0. The molecule has 0 aromatic heterocycles. The van der Waals surface area contributed by atoms with Crippen LogP contribution in [0.1, 0.15) is 26.7 Å². The summed E-state index contributed by atoms with van der Waals surface area (Å²) >= 11 is 0. The lowest BCUT2D eigenvalue weighted by Crippen LogP contribution is -1.79. The zero-order valence-corrected chi connectivity index (χ0v) is 5.59. The van der Waals surface area contributed by atoms with Crippen molar-refractivity contribution in [2.24, 2.45) is 0 Å². The van der Waals surface area contributed by atoms with Crippen LogP contribution in [0.3, 0.4) is 0 Å². The van der Waals surface area contributed by atoms with Crippen LogP contribution in [-0.2, 0) is 0 Å². The topological polar surface area (TPSA) is 0 Å². The Morgan fingerprint density at radius 1 is 0.900 bits per heavy atom. The first-order valence-electron chi connectivity index (χ1n) is 2.50. The smallest absolute Gasteiger partial charge is 0 e. The molecule has 0 spiro atoms. The maximum absolute atomic E-state index is 4.50. The summed E-state index contributed by atoms with van der Waals surface area (Å²) in [5, 5.41) is 0. The average molecular weight is 123 g/mol. The summed E-state index contributed by atoms with van der Waals surface area (Å²) < 4.78 is 0. The van der Waals surface area contributed by atoms with Gasteiger partial charge < -0.3 is 0 Å². The van der Waals surface area contributed by atoms with Crippen molar-refractivity contribution in [3.05, 3.63) is 0 Å². The molecular formula is C4H10B6. The summed E-state index contributed by atoms with van der Waals surface area (Å²) in [4.78, 5) is 0. The van der Waals surface area contributed by atoms with Crippen LogP contribution < -0.4 is 0 Å². The number of hydrogen-bond donors (Lipinski definition) is 0. The predicted octanol–water partition coefficient (Wildman–Crippen LogP) is -0.478. The average Bonchev–Trinajstić information content (AvgIpc) is 2.54. The van der Waals surface area contributed by atoms with Crippen molar-refractivity contribution < 1.29 is 0 Å². The summed E-state index contributed by atoms with van der Waals surface area (Å²) in [6.07, 6.45) is 4.50. The Hall–Kier alpha value is 0.390. The third-order valence-electron chi connectivity index (χ3n) is 0.354. The van der Waals surface area contributed by atoms with Gasteiger partial charge in [-0.15, -0.1) is 0 Å². The minimum absolute atomic E-state index is 0. The van der Waals surface area contributed by atoms with Crippen molar-refractivity contribution >= 4 is 46.4 Å². The molecule has 6 heteroatoms. The first kappa shape index (κ1) is 22.4. The van der Waals surface area contributed by atoms with Gasteiger partial charge in [0.2, 0.25) is 0 Å². The van der Waals surface area contributed by atoms with Crippen LogP contribution >= 0.6 is 0 Å². The molecule has 0 aromatic carbocycles. The molecule has 1 saturated carbocycles. The van der Waals surface area contributed by atoms with E-state index in [1.165, 1.54) is 19.3 Å². The summed E-state index contributed by atoms with van der Waals surface area (Å²) in [5.74, 6) is 0. The quantitative estimate of drug-likeness (QED) is 0.381. The van der Waals surface area contributed by atoms with Crippen molar-refractivity contribution in [1.29, 1.82) is 0 Å². The Balaban J connectivity index is -0.0000000252. The van der Waals surface area contributed by atoms with Gasteiger partial charge in [-0.1, -0.05) is 26.7 Å². The Morgan fingerprint density at radius 3 is 1.00 bits per heavy atom. The molecule has 0 aromatic rings. The van der Waals surface area contributed by atoms with E-state index in [0.29, 0.717) is 0 Å². The van der Waals surface area contributed by atoms with Gasteiger partial charge in [-0.2, -0.15) is 0 Å². The van der Waals surface area contributed by atoms with Crippen LogP contribution in [0.15, 0.2) is 0 Å². The first-order valence-corrected chi connectivity index (χ1v) is 2.50. The van der Waals surface area contributed by atoms with E-state index in [1.54, 1.807) is 0 Å². The molecule has 1 fully saturated rings. The van der Waals surface area contributed by atoms with E-state index in [4.69, 9.17) is 0 Å². The molecule has 1 aliphatic carbocycles. The highest BCUT2D eigenvalue weighted by molar-refractivity contribution is 7.17. The molecule has 44 valence electrons. The van der Waals surface area contributed by atoms with Crippen LogP contribution in [-0.4, -0.2) is 46.4 Å². The largest absolute Gasteiger partial charge is 0.0776 e. The zero-order valence-electron chi connectivity index (χ0n) is 5.59. The lowest BCUT2D eigenvalue weighted by Gasteiger charge is -1.41. The van der Waals surface area contributed by atoms with Gasteiger partial charge in [0.15, 0.2) is 0 Å². The Bertz CT molecular complexity index is 21.0. The van der Waals surface area contributed by atoms with E-state index in [-0.39, 0.29) is 15.8 Å². The monoisotopic (exact) mass is 124 g/mol. The van der Waals surface area contributed by atoms with Crippen LogP contribution in [0, 0.1) is 0 Å². The maximum atomic E-state index is 4.50. The Labute approximate surface area is 73.7 Å². The van der Waals surface area contributed by atoms with Crippen molar-refractivity contribution in [3.63, 3.8) is 0 Å². The fraction of sp³-hybridized carbons (Fsp3) is 1.00. The molecule has 0 heterocycles. The molecule has 0 nitrogen and oxygen atoms in total.